The van der Waals surface area contributed by atoms with Gasteiger partial charge in [-0.1, -0.05) is 48.9 Å². The number of nitrogens with one attached hydrogen (secondary N) is 1. The average molecular weight is 297 g/mol. The zero-order valence-corrected chi connectivity index (χ0v) is 12.8. The lowest BCUT2D eigenvalue weighted by Gasteiger charge is -2.23. The van der Waals surface area contributed by atoms with E-state index in [-0.39, 0.29) is 0 Å². The number of pyridine rings is 1. The highest BCUT2D eigenvalue weighted by Gasteiger charge is 2.30. The number of benzene rings is 1. The normalized spacial score (nSPS) is 24.5. The molecule has 4 heteroatoms. The molecular weight excluding hydrogens is 278 g/mol. The van der Waals surface area contributed by atoms with Crippen LogP contribution in [0.2, 0.25) is 0 Å². The molecule has 1 aromatic heterocycles. The topological polar surface area (TPSA) is 37.3 Å². The number of aliphatic imine (C=N–C) groups is 1. The number of hydrogen-bond donors (Lipinski definition) is 1. The van der Waals surface area contributed by atoms with Gasteiger partial charge in [-0.3, -0.25) is 9.98 Å². The van der Waals surface area contributed by atoms with Crippen LogP contribution in [0.25, 0.3) is 10.9 Å². The van der Waals surface area contributed by atoms with Gasteiger partial charge >= 0.3 is 0 Å². The van der Waals surface area contributed by atoms with Gasteiger partial charge in [-0.05, 0) is 24.5 Å². The Kier molecular flexibility index (Phi) is 3.55. The Hall–Kier alpha value is -1.55. The molecule has 1 saturated carbocycles. The zero-order chi connectivity index (χ0) is 14.1. The Balaban J connectivity index is 1.49. The second kappa shape index (κ2) is 5.68. The van der Waals surface area contributed by atoms with Crippen LogP contribution in [0, 0.1) is 0 Å². The molecule has 4 rings (SSSR count). The Morgan fingerprint density at radius 1 is 1.14 bits per heavy atom. The Morgan fingerprint density at radius 3 is 3.00 bits per heavy atom. The van der Waals surface area contributed by atoms with E-state index in [1.807, 2.05) is 24.0 Å². The van der Waals surface area contributed by atoms with Gasteiger partial charge in [-0.25, -0.2) is 0 Å². The van der Waals surface area contributed by atoms with Crippen LogP contribution in [0.4, 0.5) is 0 Å². The summed E-state index contributed by atoms with van der Waals surface area (Å²) in [5, 5.41) is 5.94. The molecule has 21 heavy (non-hydrogen) atoms. The summed E-state index contributed by atoms with van der Waals surface area (Å²) in [6, 6.07) is 11.6. The first-order valence-electron chi connectivity index (χ1n) is 7.70. The van der Waals surface area contributed by atoms with Crippen molar-refractivity contribution in [3.05, 3.63) is 42.1 Å². The Morgan fingerprint density at radius 2 is 2.05 bits per heavy atom. The predicted octanol–water partition coefficient (Wildman–Crippen LogP) is 3.74. The van der Waals surface area contributed by atoms with Gasteiger partial charge in [0.15, 0.2) is 5.17 Å². The number of thioether (sulfide) groups is 1. The van der Waals surface area contributed by atoms with E-state index in [9.17, 15) is 0 Å². The SMILES string of the molecule is c1cnc2c(CSC3=N[C@H]4CCCC[C@@H]4N3)cccc2c1. The van der Waals surface area contributed by atoms with Crippen molar-refractivity contribution in [2.24, 2.45) is 4.99 Å². The minimum Gasteiger partial charge on any atom is -0.360 e. The van der Waals surface area contributed by atoms with Crippen LogP contribution in [0.1, 0.15) is 31.2 Å². The van der Waals surface area contributed by atoms with Crippen molar-refractivity contribution in [3.8, 4) is 0 Å². The fraction of sp³-hybridized carbons (Fsp3) is 0.412. The van der Waals surface area contributed by atoms with E-state index < -0.39 is 0 Å². The fourth-order valence-corrected chi connectivity index (χ4v) is 4.26. The standard InChI is InChI=1S/C17H19N3S/c1-2-9-15-14(8-1)19-17(20-15)21-11-13-6-3-5-12-7-4-10-18-16(12)13/h3-7,10,14-15H,1-2,8-9,11H2,(H,19,20)/t14-,15-/m0/s1. The van der Waals surface area contributed by atoms with Crippen molar-refractivity contribution in [3.63, 3.8) is 0 Å². The molecule has 0 amide bonds. The van der Waals surface area contributed by atoms with E-state index >= 15 is 0 Å². The van der Waals surface area contributed by atoms with Gasteiger partial charge in [0.05, 0.1) is 17.6 Å². The summed E-state index contributed by atoms with van der Waals surface area (Å²) in [6.45, 7) is 0. The number of fused-ring (bicyclic) bond motifs is 2. The van der Waals surface area contributed by atoms with E-state index in [1.54, 1.807) is 0 Å². The molecule has 0 spiro atoms. The summed E-state index contributed by atoms with van der Waals surface area (Å²) in [5.74, 6) is 0.930. The molecule has 1 N–H and O–H groups in total. The number of hydrogen-bond acceptors (Lipinski definition) is 4. The Bertz CT molecular complexity index is 677. The van der Waals surface area contributed by atoms with Crippen LogP contribution in [0.15, 0.2) is 41.5 Å². The first-order valence-corrected chi connectivity index (χ1v) is 8.68. The number of rotatable bonds is 2. The van der Waals surface area contributed by atoms with Gasteiger partial charge < -0.3 is 5.32 Å². The summed E-state index contributed by atoms with van der Waals surface area (Å²) in [6.07, 6.45) is 7.06. The van der Waals surface area contributed by atoms with Crippen LogP contribution in [-0.2, 0) is 5.75 Å². The summed E-state index contributed by atoms with van der Waals surface area (Å²) in [7, 11) is 0. The largest absolute Gasteiger partial charge is 0.360 e. The lowest BCUT2D eigenvalue weighted by Crippen LogP contribution is -2.36. The zero-order valence-electron chi connectivity index (χ0n) is 12.0. The van der Waals surface area contributed by atoms with E-state index in [4.69, 9.17) is 4.99 Å². The average Bonchev–Trinajstić information content (AvgIpc) is 2.96. The quantitative estimate of drug-likeness (QED) is 0.917. The highest BCUT2D eigenvalue weighted by molar-refractivity contribution is 8.13. The number of amidine groups is 1. The molecular formula is C17H19N3S. The van der Waals surface area contributed by atoms with Gasteiger partial charge in [0, 0.05) is 17.3 Å². The summed E-state index contributed by atoms with van der Waals surface area (Å²) < 4.78 is 0. The molecule has 2 aliphatic rings. The molecule has 1 fully saturated rings. The number of nitrogens with zero attached hydrogens (tertiary/aromatic N) is 2. The lowest BCUT2D eigenvalue weighted by molar-refractivity contribution is 0.385. The molecule has 0 saturated heterocycles. The fourth-order valence-electron chi connectivity index (χ4n) is 3.29. The van der Waals surface area contributed by atoms with Gasteiger partial charge in [0.1, 0.15) is 0 Å². The van der Waals surface area contributed by atoms with Gasteiger partial charge in [-0.15, -0.1) is 0 Å². The van der Waals surface area contributed by atoms with E-state index in [2.05, 4.69) is 34.6 Å². The highest BCUT2D eigenvalue weighted by Crippen LogP contribution is 2.29. The first kappa shape index (κ1) is 13.1. The smallest absolute Gasteiger partial charge is 0.157 e. The van der Waals surface area contributed by atoms with Crippen molar-refractivity contribution < 1.29 is 0 Å². The molecule has 1 aromatic carbocycles. The van der Waals surface area contributed by atoms with E-state index in [0.717, 1.165) is 16.4 Å². The monoisotopic (exact) mass is 297 g/mol. The van der Waals surface area contributed by atoms with Crippen LogP contribution >= 0.6 is 11.8 Å². The third-order valence-corrected chi connectivity index (χ3v) is 5.35. The molecule has 1 aliphatic heterocycles. The van der Waals surface area contributed by atoms with Gasteiger partial charge in [0.25, 0.3) is 0 Å². The second-order valence-electron chi connectivity index (χ2n) is 5.82. The van der Waals surface area contributed by atoms with Gasteiger partial charge in [0.2, 0.25) is 0 Å². The molecule has 1 aliphatic carbocycles. The molecule has 0 unspecified atom stereocenters. The third-order valence-electron chi connectivity index (χ3n) is 4.40. The lowest BCUT2D eigenvalue weighted by atomic mass is 9.92. The molecule has 0 radical (unpaired) electrons. The van der Waals surface area contributed by atoms with Crippen LogP contribution < -0.4 is 5.32 Å². The van der Waals surface area contributed by atoms with E-state index in [0.29, 0.717) is 12.1 Å². The number of para-hydroxylation sites is 1. The molecule has 3 nitrogen and oxygen atoms in total. The van der Waals surface area contributed by atoms with Crippen LogP contribution in [-0.4, -0.2) is 22.2 Å². The third kappa shape index (κ3) is 2.64. The van der Waals surface area contributed by atoms with Crippen molar-refractivity contribution in [1.29, 1.82) is 0 Å². The molecule has 2 heterocycles. The summed E-state index contributed by atoms with van der Waals surface area (Å²) in [4.78, 5) is 9.38. The first-order chi connectivity index (χ1) is 10.4. The Labute approximate surface area is 129 Å². The van der Waals surface area contributed by atoms with Crippen molar-refractivity contribution in [1.82, 2.24) is 10.3 Å². The minimum atomic E-state index is 0.520. The maximum atomic E-state index is 4.85. The second-order valence-corrected chi connectivity index (χ2v) is 6.78. The summed E-state index contributed by atoms with van der Waals surface area (Å²) >= 11 is 1.82. The van der Waals surface area contributed by atoms with Crippen molar-refractivity contribution in [2.75, 3.05) is 0 Å². The highest BCUT2D eigenvalue weighted by atomic mass is 32.2. The molecule has 108 valence electrons. The number of aromatic nitrogens is 1. The van der Waals surface area contributed by atoms with Crippen molar-refractivity contribution in [2.45, 2.75) is 43.5 Å². The molecule has 0 bridgehead atoms. The molecule has 2 atom stereocenters. The van der Waals surface area contributed by atoms with E-state index in [1.165, 1.54) is 36.6 Å². The van der Waals surface area contributed by atoms with Crippen LogP contribution in [0.5, 0.6) is 0 Å². The predicted molar refractivity (Wildman–Crippen MR) is 89.7 cm³/mol. The minimum absolute atomic E-state index is 0.520. The van der Waals surface area contributed by atoms with Crippen molar-refractivity contribution >= 4 is 27.8 Å². The molecule has 2 aromatic rings. The van der Waals surface area contributed by atoms with Gasteiger partial charge in [-0.2, -0.15) is 0 Å². The maximum absolute atomic E-state index is 4.85. The summed E-state index contributed by atoms with van der Waals surface area (Å²) in [5.41, 5.74) is 2.40. The van der Waals surface area contributed by atoms with Crippen LogP contribution in [0.3, 0.4) is 0 Å². The maximum Gasteiger partial charge on any atom is 0.157 e.